The second kappa shape index (κ2) is 4.90. The highest BCUT2D eigenvalue weighted by Crippen LogP contribution is 2.25. The number of hydrogen-bond donors (Lipinski definition) is 0. The van der Waals surface area contributed by atoms with Gasteiger partial charge in [-0.25, -0.2) is 0 Å². The van der Waals surface area contributed by atoms with Crippen molar-refractivity contribution in [2.75, 3.05) is 0 Å². The molecular formula is C6H9BF4S2. The average Bonchev–Trinajstić information content (AvgIpc) is 2.05. The van der Waals surface area contributed by atoms with Gasteiger partial charge in [-0.05, 0) is 13.8 Å². The molecule has 0 atom stereocenters. The van der Waals surface area contributed by atoms with E-state index in [1.165, 1.54) is 13.9 Å². The fourth-order valence-corrected chi connectivity index (χ4v) is 2.91. The Morgan fingerprint density at radius 3 is 1.54 bits per heavy atom. The number of halogens is 4. The van der Waals surface area contributed by atoms with Crippen LogP contribution < -0.4 is 0 Å². The highest BCUT2D eigenvalue weighted by Gasteiger charge is 2.20. The van der Waals surface area contributed by atoms with Gasteiger partial charge in [-0.2, -0.15) is 0 Å². The van der Waals surface area contributed by atoms with Gasteiger partial charge in [0.2, 0.25) is 0 Å². The fraction of sp³-hybridized carbons (Fsp3) is 0.500. The molecular weight excluding hydrogens is 223 g/mol. The fourth-order valence-electron chi connectivity index (χ4n) is 0.596. The molecule has 76 valence electrons. The summed E-state index contributed by atoms with van der Waals surface area (Å²) in [5.41, 5.74) is 0. The van der Waals surface area contributed by atoms with Crippen molar-refractivity contribution in [1.29, 1.82) is 0 Å². The number of rotatable bonds is 0. The minimum Gasteiger partial charge on any atom is -0.418 e. The van der Waals surface area contributed by atoms with Crippen molar-refractivity contribution in [3.8, 4) is 0 Å². The number of hydrogen-bond acceptors (Lipinski definition) is 1. The first-order chi connectivity index (χ1) is 5.70. The molecule has 0 fully saturated rings. The van der Waals surface area contributed by atoms with Gasteiger partial charge in [0.1, 0.15) is 9.75 Å². The lowest BCUT2D eigenvalue weighted by atomic mass is 10.3. The Hall–Kier alpha value is -0.165. The largest absolute Gasteiger partial charge is 0.673 e. The van der Waals surface area contributed by atoms with Gasteiger partial charge in [-0.1, -0.05) is 0 Å². The molecule has 0 unspecified atom stereocenters. The molecule has 0 radical (unpaired) electrons. The highest BCUT2D eigenvalue weighted by atomic mass is 32.2. The van der Waals surface area contributed by atoms with Crippen LogP contribution in [0.25, 0.3) is 0 Å². The molecule has 0 N–H and O–H groups in total. The summed E-state index contributed by atoms with van der Waals surface area (Å²) in [5, 5.41) is 0. The van der Waals surface area contributed by atoms with Gasteiger partial charge < -0.3 is 17.3 Å². The molecule has 0 nitrogen and oxygen atoms in total. The molecule has 1 aromatic rings. The topological polar surface area (TPSA) is 0 Å². The standard InChI is InChI=1S/C6H9S2.BF4/c1-4-5(2)8-6(3)7-4;2-1(3,4)5/h1-3H3;/q+1;-1. The van der Waals surface area contributed by atoms with Gasteiger partial charge in [0.05, 0.1) is 22.7 Å². The molecule has 0 spiro atoms. The summed E-state index contributed by atoms with van der Waals surface area (Å²) < 4.78 is 40.5. The first kappa shape index (κ1) is 12.8. The molecule has 0 amide bonds. The van der Waals surface area contributed by atoms with Crippen molar-refractivity contribution in [2.45, 2.75) is 20.8 Å². The van der Waals surface area contributed by atoms with Crippen LogP contribution in [0, 0.1) is 20.8 Å². The van der Waals surface area contributed by atoms with E-state index < -0.39 is 7.25 Å². The molecule has 7 heteroatoms. The van der Waals surface area contributed by atoms with Crippen LogP contribution >= 0.6 is 22.7 Å². The van der Waals surface area contributed by atoms with Crippen molar-refractivity contribution < 1.29 is 17.3 Å². The predicted molar refractivity (Wildman–Crippen MR) is 51.0 cm³/mol. The highest BCUT2D eigenvalue weighted by molar-refractivity contribution is 7.31. The summed E-state index contributed by atoms with van der Waals surface area (Å²) in [6.45, 7) is 6.50. The molecule has 0 bridgehead atoms. The Morgan fingerprint density at radius 1 is 1.08 bits per heavy atom. The molecule has 0 saturated heterocycles. The van der Waals surface area contributed by atoms with Gasteiger partial charge in [0, 0.05) is 6.92 Å². The molecule has 0 aliphatic heterocycles. The van der Waals surface area contributed by atoms with Crippen LogP contribution in [-0.4, -0.2) is 7.25 Å². The maximum absolute atomic E-state index is 9.75. The molecule has 0 aliphatic rings. The molecule has 0 saturated carbocycles. The van der Waals surface area contributed by atoms with Crippen LogP contribution in [0.15, 0.2) is 0 Å². The van der Waals surface area contributed by atoms with Gasteiger partial charge in [-0.3, -0.25) is 0 Å². The maximum Gasteiger partial charge on any atom is 0.673 e. The van der Waals surface area contributed by atoms with E-state index in [9.17, 15) is 17.3 Å². The molecule has 0 aromatic carbocycles. The summed E-state index contributed by atoms with van der Waals surface area (Å²) in [6, 6.07) is 0. The maximum atomic E-state index is 9.75. The smallest absolute Gasteiger partial charge is 0.418 e. The SMILES string of the molecule is Cc1sc(C)c(C)[s+]1.F[B-](F)(F)F. The molecule has 13 heavy (non-hydrogen) atoms. The quantitative estimate of drug-likeness (QED) is 0.355. The van der Waals surface area contributed by atoms with Crippen molar-refractivity contribution in [3.05, 3.63) is 13.9 Å². The molecule has 0 aliphatic carbocycles. The third-order valence-electron chi connectivity index (χ3n) is 1.09. The molecule has 1 aromatic heterocycles. The Kier molecular flexibility index (Phi) is 4.84. The van der Waals surface area contributed by atoms with E-state index in [2.05, 4.69) is 20.8 Å². The Balaban J connectivity index is 0.000000252. The lowest BCUT2D eigenvalue weighted by molar-refractivity contribution is 0.368. The van der Waals surface area contributed by atoms with E-state index in [1.807, 2.05) is 22.7 Å². The van der Waals surface area contributed by atoms with Crippen molar-refractivity contribution in [2.24, 2.45) is 0 Å². The van der Waals surface area contributed by atoms with Gasteiger partial charge in [-0.15, -0.1) is 0 Å². The second-order valence-corrected chi connectivity index (χ2v) is 5.42. The summed E-state index contributed by atoms with van der Waals surface area (Å²) in [7, 11) is -6.00. The van der Waals surface area contributed by atoms with Crippen LogP contribution in [-0.2, 0) is 0 Å². The van der Waals surface area contributed by atoms with Crippen LogP contribution in [0.5, 0.6) is 0 Å². The van der Waals surface area contributed by atoms with Crippen molar-refractivity contribution in [1.82, 2.24) is 0 Å². The van der Waals surface area contributed by atoms with E-state index in [4.69, 9.17) is 0 Å². The summed E-state index contributed by atoms with van der Waals surface area (Å²) in [4.78, 5) is 2.93. The summed E-state index contributed by atoms with van der Waals surface area (Å²) in [6.07, 6.45) is 0. The van der Waals surface area contributed by atoms with Gasteiger partial charge in [0.15, 0.2) is 0 Å². The first-order valence-corrected chi connectivity index (χ1v) is 5.07. The minimum atomic E-state index is -6.00. The third kappa shape index (κ3) is 8.17. The third-order valence-corrected chi connectivity index (χ3v) is 3.52. The van der Waals surface area contributed by atoms with Gasteiger partial charge in [0.25, 0.3) is 4.19 Å². The minimum absolute atomic E-state index is 1.46. The molecule has 1 heterocycles. The number of aryl methyl sites for hydroxylation is 3. The van der Waals surface area contributed by atoms with E-state index in [-0.39, 0.29) is 0 Å². The molecule has 1 rings (SSSR count). The van der Waals surface area contributed by atoms with E-state index >= 15 is 0 Å². The zero-order valence-corrected chi connectivity index (χ0v) is 9.04. The average molecular weight is 232 g/mol. The van der Waals surface area contributed by atoms with Crippen LogP contribution in [0.4, 0.5) is 17.3 Å². The Bertz CT molecular complexity index is 243. The van der Waals surface area contributed by atoms with Crippen molar-refractivity contribution in [3.63, 3.8) is 0 Å². The monoisotopic (exact) mass is 232 g/mol. The lowest BCUT2D eigenvalue weighted by Gasteiger charge is -1.94. The predicted octanol–water partition coefficient (Wildman–Crippen LogP) is 4.32. The lowest BCUT2D eigenvalue weighted by Crippen LogP contribution is -2.02. The Labute approximate surface area is 82.3 Å². The first-order valence-electron chi connectivity index (χ1n) is 3.44. The van der Waals surface area contributed by atoms with Crippen molar-refractivity contribution >= 4 is 29.9 Å². The summed E-state index contributed by atoms with van der Waals surface area (Å²) >= 11 is 3.78. The van der Waals surface area contributed by atoms with E-state index in [0.717, 1.165) is 0 Å². The normalized spacial score (nSPS) is 10.7. The Morgan fingerprint density at radius 2 is 1.46 bits per heavy atom. The zero-order chi connectivity index (χ0) is 10.6. The second-order valence-electron chi connectivity index (χ2n) is 2.30. The van der Waals surface area contributed by atoms with E-state index in [1.54, 1.807) is 0 Å². The van der Waals surface area contributed by atoms with E-state index in [0.29, 0.717) is 0 Å². The zero-order valence-electron chi connectivity index (χ0n) is 7.41. The van der Waals surface area contributed by atoms with Crippen LogP contribution in [0.2, 0.25) is 0 Å². The summed E-state index contributed by atoms with van der Waals surface area (Å²) in [5.74, 6) is 0. The van der Waals surface area contributed by atoms with Crippen LogP contribution in [0.1, 0.15) is 13.9 Å². The van der Waals surface area contributed by atoms with Crippen LogP contribution in [0.3, 0.4) is 0 Å². The van der Waals surface area contributed by atoms with Gasteiger partial charge >= 0.3 is 7.25 Å².